The molecule has 0 aromatic rings. The van der Waals surface area contributed by atoms with Crippen molar-refractivity contribution >= 4 is 0 Å². The van der Waals surface area contributed by atoms with Gasteiger partial charge in [-0.2, -0.15) is 5.26 Å². The summed E-state index contributed by atoms with van der Waals surface area (Å²) in [5.41, 5.74) is -0.0336. The molecule has 0 radical (unpaired) electrons. The van der Waals surface area contributed by atoms with Gasteiger partial charge in [-0.3, -0.25) is 0 Å². The van der Waals surface area contributed by atoms with Crippen molar-refractivity contribution < 1.29 is 4.74 Å². The molecule has 0 aromatic carbocycles. The summed E-state index contributed by atoms with van der Waals surface area (Å²) in [6.07, 6.45) is 16.6. The summed E-state index contributed by atoms with van der Waals surface area (Å²) in [6, 6.07) is 2.64. The summed E-state index contributed by atoms with van der Waals surface area (Å²) in [5, 5.41) is 9.57. The van der Waals surface area contributed by atoms with Crippen molar-refractivity contribution in [3.63, 3.8) is 0 Å². The maximum Gasteiger partial charge on any atom is 0.0689 e. The van der Waals surface area contributed by atoms with Crippen molar-refractivity contribution in [3.05, 3.63) is 0 Å². The number of nitriles is 1. The van der Waals surface area contributed by atoms with Crippen LogP contribution < -0.4 is 0 Å². The Morgan fingerprint density at radius 1 is 0.957 bits per heavy atom. The van der Waals surface area contributed by atoms with E-state index in [1.165, 1.54) is 51.4 Å². The van der Waals surface area contributed by atoms with Gasteiger partial charge < -0.3 is 4.74 Å². The number of hydrogen-bond donors (Lipinski definition) is 0. The molecule has 23 heavy (non-hydrogen) atoms. The molecule has 2 saturated carbocycles. The van der Waals surface area contributed by atoms with Gasteiger partial charge in [0.2, 0.25) is 0 Å². The molecule has 132 valence electrons. The highest BCUT2D eigenvalue weighted by Crippen LogP contribution is 2.41. The zero-order chi connectivity index (χ0) is 16.5. The first-order valence-corrected chi connectivity index (χ1v) is 10.2. The predicted molar refractivity (Wildman–Crippen MR) is 96.1 cm³/mol. The number of unbranched alkanes of at least 4 members (excludes halogenated alkanes) is 1. The molecule has 0 amide bonds. The van der Waals surface area contributed by atoms with E-state index in [0.717, 1.165) is 50.5 Å². The van der Waals surface area contributed by atoms with Gasteiger partial charge in [0.05, 0.1) is 17.6 Å². The van der Waals surface area contributed by atoms with Crippen LogP contribution in [0.3, 0.4) is 0 Å². The fourth-order valence-corrected chi connectivity index (χ4v) is 4.61. The lowest BCUT2D eigenvalue weighted by atomic mass is 9.71. The van der Waals surface area contributed by atoms with Crippen molar-refractivity contribution in [2.24, 2.45) is 17.3 Å². The summed E-state index contributed by atoms with van der Waals surface area (Å²) < 4.78 is 6.25. The largest absolute Gasteiger partial charge is 0.378 e. The van der Waals surface area contributed by atoms with E-state index < -0.39 is 0 Å². The van der Waals surface area contributed by atoms with Gasteiger partial charge in [0.1, 0.15) is 0 Å². The van der Waals surface area contributed by atoms with Crippen LogP contribution in [0.5, 0.6) is 0 Å². The van der Waals surface area contributed by atoms with Crippen LogP contribution in [0, 0.1) is 28.6 Å². The molecule has 0 aliphatic heterocycles. The van der Waals surface area contributed by atoms with E-state index >= 15 is 0 Å². The third kappa shape index (κ3) is 5.79. The van der Waals surface area contributed by atoms with Crippen molar-refractivity contribution in [1.29, 1.82) is 5.26 Å². The molecule has 2 aliphatic carbocycles. The van der Waals surface area contributed by atoms with E-state index in [1.54, 1.807) is 0 Å². The smallest absolute Gasteiger partial charge is 0.0689 e. The average molecular weight is 320 g/mol. The molecule has 0 heterocycles. The molecule has 2 heteroatoms. The van der Waals surface area contributed by atoms with Crippen molar-refractivity contribution in [3.8, 4) is 6.07 Å². The Bertz CT molecular complexity index is 357. The maximum atomic E-state index is 9.57. The Morgan fingerprint density at radius 2 is 1.61 bits per heavy atom. The van der Waals surface area contributed by atoms with Gasteiger partial charge >= 0.3 is 0 Å². The van der Waals surface area contributed by atoms with E-state index in [2.05, 4.69) is 19.9 Å². The Kier molecular flexibility index (Phi) is 7.90. The van der Waals surface area contributed by atoms with Gasteiger partial charge in [-0.1, -0.05) is 52.4 Å². The molecule has 2 nitrogen and oxygen atoms in total. The first kappa shape index (κ1) is 18.8. The van der Waals surface area contributed by atoms with Gasteiger partial charge in [0.25, 0.3) is 0 Å². The van der Waals surface area contributed by atoms with Gasteiger partial charge in [-0.15, -0.1) is 0 Å². The second-order valence-electron chi connectivity index (χ2n) is 8.20. The van der Waals surface area contributed by atoms with Gasteiger partial charge in [0.15, 0.2) is 0 Å². The zero-order valence-electron chi connectivity index (χ0n) is 15.5. The van der Waals surface area contributed by atoms with E-state index in [1.807, 2.05) is 0 Å². The molecule has 0 N–H and O–H groups in total. The average Bonchev–Trinajstić information content (AvgIpc) is 2.61. The lowest BCUT2D eigenvalue weighted by Crippen LogP contribution is -2.31. The van der Waals surface area contributed by atoms with Crippen molar-refractivity contribution in [2.75, 3.05) is 6.61 Å². The van der Waals surface area contributed by atoms with E-state index in [9.17, 15) is 5.26 Å². The van der Waals surface area contributed by atoms with Crippen molar-refractivity contribution in [1.82, 2.24) is 0 Å². The predicted octanol–water partition coefficient (Wildman–Crippen LogP) is 6.25. The van der Waals surface area contributed by atoms with Crippen LogP contribution in [0.1, 0.15) is 97.3 Å². The Balaban J connectivity index is 1.64. The number of nitrogens with zero attached hydrogens (tertiary/aromatic N) is 1. The van der Waals surface area contributed by atoms with Crippen LogP contribution >= 0.6 is 0 Å². The number of ether oxygens (including phenoxy) is 1. The van der Waals surface area contributed by atoms with E-state index in [4.69, 9.17) is 4.74 Å². The highest BCUT2D eigenvalue weighted by Gasteiger charge is 2.35. The lowest BCUT2D eigenvalue weighted by Gasteiger charge is -2.36. The Hall–Kier alpha value is -0.550. The first-order valence-electron chi connectivity index (χ1n) is 10.2. The molecule has 0 saturated heterocycles. The van der Waals surface area contributed by atoms with Crippen LogP contribution in [-0.2, 0) is 4.74 Å². The van der Waals surface area contributed by atoms with E-state index in [-0.39, 0.29) is 5.41 Å². The van der Waals surface area contributed by atoms with Gasteiger partial charge in [0, 0.05) is 6.61 Å². The third-order valence-corrected chi connectivity index (χ3v) is 6.37. The lowest BCUT2D eigenvalue weighted by molar-refractivity contribution is -0.0184. The monoisotopic (exact) mass is 319 g/mol. The molecule has 2 rings (SSSR count). The summed E-state index contributed by atoms with van der Waals surface area (Å²) in [4.78, 5) is 0. The number of hydrogen-bond acceptors (Lipinski definition) is 2. The first-order chi connectivity index (χ1) is 11.2. The molecule has 0 bridgehead atoms. The van der Waals surface area contributed by atoms with Crippen LogP contribution in [0.25, 0.3) is 0 Å². The fourth-order valence-electron chi connectivity index (χ4n) is 4.61. The van der Waals surface area contributed by atoms with Gasteiger partial charge in [-0.05, 0) is 56.8 Å². The van der Waals surface area contributed by atoms with Crippen LogP contribution in [-0.4, -0.2) is 12.7 Å². The summed E-state index contributed by atoms with van der Waals surface area (Å²) in [7, 11) is 0. The topological polar surface area (TPSA) is 33.0 Å². The molecule has 2 aliphatic rings. The molecule has 0 unspecified atom stereocenters. The molecule has 0 spiro atoms. The standard InChI is InChI=1S/C21H37NO/c1-3-5-13-21(17-22)14-11-20(12-15-21)23-16-19-9-7-18(6-4-2)8-10-19/h18-20H,3-16H2,1-2H3. The zero-order valence-corrected chi connectivity index (χ0v) is 15.5. The molecular formula is C21H37NO. The normalized spacial score (nSPS) is 34.9. The van der Waals surface area contributed by atoms with Crippen LogP contribution in [0.4, 0.5) is 0 Å². The summed E-state index contributed by atoms with van der Waals surface area (Å²) in [5.74, 6) is 1.78. The maximum absolute atomic E-state index is 9.57. The quantitative estimate of drug-likeness (QED) is 0.529. The number of rotatable bonds is 8. The Morgan fingerprint density at radius 3 is 2.17 bits per heavy atom. The molecular weight excluding hydrogens is 282 g/mol. The minimum Gasteiger partial charge on any atom is -0.378 e. The van der Waals surface area contributed by atoms with E-state index in [0.29, 0.717) is 6.10 Å². The Labute approximate surface area is 144 Å². The third-order valence-electron chi connectivity index (χ3n) is 6.37. The highest BCUT2D eigenvalue weighted by atomic mass is 16.5. The summed E-state index contributed by atoms with van der Waals surface area (Å²) >= 11 is 0. The van der Waals surface area contributed by atoms with Crippen molar-refractivity contribution in [2.45, 2.75) is 103 Å². The molecule has 2 fully saturated rings. The summed E-state index contributed by atoms with van der Waals surface area (Å²) in [6.45, 7) is 5.49. The fraction of sp³-hybridized carbons (Fsp3) is 0.952. The van der Waals surface area contributed by atoms with Gasteiger partial charge in [-0.25, -0.2) is 0 Å². The SMILES string of the molecule is CCCCC1(C#N)CCC(OCC2CCC(CCC)CC2)CC1. The minimum absolute atomic E-state index is 0.0336. The second kappa shape index (κ2) is 9.67. The van der Waals surface area contributed by atoms with Crippen LogP contribution in [0.2, 0.25) is 0 Å². The van der Waals surface area contributed by atoms with Crippen LogP contribution in [0.15, 0.2) is 0 Å². The second-order valence-corrected chi connectivity index (χ2v) is 8.20. The highest BCUT2D eigenvalue weighted by molar-refractivity contribution is 5.01. The molecule has 0 aromatic heterocycles. The minimum atomic E-state index is -0.0336. The molecule has 0 atom stereocenters.